The van der Waals surface area contributed by atoms with E-state index in [2.05, 4.69) is 20.9 Å². The van der Waals surface area contributed by atoms with E-state index in [1.54, 1.807) is 30.3 Å². The van der Waals surface area contributed by atoms with Crippen molar-refractivity contribution in [2.75, 3.05) is 19.6 Å². The molecule has 0 saturated heterocycles. The first kappa shape index (κ1) is 24.7. The van der Waals surface area contributed by atoms with Crippen molar-refractivity contribution in [3.63, 3.8) is 0 Å². The van der Waals surface area contributed by atoms with Gasteiger partial charge in [0.25, 0.3) is 5.91 Å². The van der Waals surface area contributed by atoms with Gasteiger partial charge in [0.2, 0.25) is 0 Å². The van der Waals surface area contributed by atoms with Gasteiger partial charge in [-0.15, -0.1) is 24.0 Å². The molecule has 2 aromatic rings. The number of nitrogens with zero attached hydrogens (tertiary/aromatic N) is 1. The van der Waals surface area contributed by atoms with Gasteiger partial charge in [0.1, 0.15) is 0 Å². The molecule has 0 heterocycles. The Morgan fingerprint density at radius 1 is 0.966 bits per heavy atom. The zero-order valence-electron chi connectivity index (χ0n) is 15.9. The van der Waals surface area contributed by atoms with E-state index in [-0.39, 0.29) is 36.4 Å². The first-order valence-electron chi connectivity index (χ1n) is 8.91. The van der Waals surface area contributed by atoms with Crippen molar-refractivity contribution < 1.29 is 18.0 Å². The second kappa shape index (κ2) is 12.3. The normalized spacial score (nSPS) is 11.4. The van der Waals surface area contributed by atoms with E-state index in [0.29, 0.717) is 36.7 Å². The Balaban J connectivity index is 0.00000420. The smallest absolute Gasteiger partial charge is 0.357 e. The number of nitrogens with one attached hydrogen (secondary N) is 3. The van der Waals surface area contributed by atoms with Crippen LogP contribution in [0.25, 0.3) is 0 Å². The molecule has 5 nitrogen and oxygen atoms in total. The van der Waals surface area contributed by atoms with Crippen molar-refractivity contribution in [2.24, 2.45) is 4.99 Å². The molecular weight excluding hydrogens is 496 g/mol. The molecule has 2 rings (SSSR count). The molecule has 9 heteroatoms. The average molecular weight is 520 g/mol. The number of guanidine groups is 1. The predicted octanol–water partition coefficient (Wildman–Crippen LogP) is 3.81. The average Bonchev–Trinajstić information content (AvgIpc) is 2.69. The quantitative estimate of drug-likeness (QED) is 0.225. The van der Waals surface area contributed by atoms with Gasteiger partial charge in [-0.3, -0.25) is 4.79 Å². The maximum Gasteiger partial charge on any atom is 0.416 e. The molecule has 0 aliphatic heterocycles. The number of hydrogen-bond donors (Lipinski definition) is 3. The van der Waals surface area contributed by atoms with E-state index in [1.807, 2.05) is 13.0 Å². The van der Waals surface area contributed by atoms with Gasteiger partial charge in [0.05, 0.1) is 12.1 Å². The van der Waals surface area contributed by atoms with Gasteiger partial charge < -0.3 is 16.0 Å². The van der Waals surface area contributed by atoms with Crippen LogP contribution in [0.15, 0.2) is 59.6 Å². The molecule has 0 fully saturated rings. The second-order valence-corrected chi connectivity index (χ2v) is 5.94. The molecular formula is C20H24F3IN4O. The van der Waals surface area contributed by atoms with E-state index in [0.717, 1.165) is 12.1 Å². The summed E-state index contributed by atoms with van der Waals surface area (Å²) in [7, 11) is 0. The Bertz CT molecular complexity index is 798. The van der Waals surface area contributed by atoms with E-state index in [1.165, 1.54) is 6.07 Å². The molecule has 0 radical (unpaired) electrons. The highest BCUT2D eigenvalue weighted by Crippen LogP contribution is 2.29. The number of benzene rings is 2. The molecule has 3 N–H and O–H groups in total. The fourth-order valence-electron chi connectivity index (χ4n) is 2.41. The molecule has 2 aromatic carbocycles. The van der Waals surface area contributed by atoms with Crippen LogP contribution < -0.4 is 16.0 Å². The number of halogens is 4. The van der Waals surface area contributed by atoms with Gasteiger partial charge in [0, 0.05) is 25.2 Å². The SMILES string of the molecule is CCNC(=NCc1cccc(C(F)(F)F)c1)NCCNC(=O)c1ccccc1.I. The first-order chi connectivity index (χ1) is 13.4. The lowest BCUT2D eigenvalue weighted by Gasteiger charge is -2.12. The Hall–Kier alpha value is -2.30. The molecule has 0 aromatic heterocycles. The number of carbonyl (C=O) groups is 1. The van der Waals surface area contributed by atoms with E-state index in [9.17, 15) is 18.0 Å². The number of amides is 1. The highest BCUT2D eigenvalue weighted by molar-refractivity contribution is 14.0. The van der Waals surface area contributed by atoms with Crippen LogP contribution in [0.1, 0.15) is 28.4 Å². The first-order valence-corrected chi connectivity index (χ1v) is 8.91. The largest absolute Gasteiger partial charge is 0.416 e. The van der Waals surface area contributed by atoms with E-state index < -0.39 is 11.7 Å². The number of carbonyl (C=O) groups excluding carboxylic acids is 1. The number of hydrogen-bond acceptors (Lipinski definition) is 2. The minimum Gasteiger partial charge on any atom is -0.357 e. The van der Waals surface area contributed by atoms with Crippen molar-refractivity contribution in [3.8, 4) is 0 Å². The maximum atomic E-state index is 12.8. The lowest BCUT2D eigenvalue weighted by molar-refractivity contribution is -0.137. The van der Waals surface area contributed by atoms with Crippen LogP contribution in [0.4, 0.5) is 13.2 Å². The lowest BCUT2D eigenvalue weighted by atomic mass is 10.1. The Kier molecular flexibility index (Phi) is 10.5. The monoisotopic (exact) mass is 520 g/mol. The summed E-state index contributed by atoms with van der Waals surface area (Å²) in [5.74, 6) is 0.294. The van der Waals surface area contributed by atoms with Gasteiger partial charge in [-0.1, -0.05) is 30.3 Å². The highest BCUT2D eigenvalue weighted by atomic mass is 127. The summed E-state index contributed by atoms with van der Waals surface area (Å²) >= 11 is 0. The molecule has 0 aliphatic carbocycles. The van der Waals surface area contributed by atoms with Crippen LogP contribution in [0, 0.1) is 0 Å². The third-order valence-electron chi connectivity index (χ3n) is 3.76. The molecule has 0 atom stereocenters. The van der Waals surface area contributed by atoms with Crippen LogP contribution in [0.5, 0.6) is 0 Å². The minimum atomic E-state index is -4.38. The van der Waals surface area contributed by atoms with Gasteiger partial charge in [-0.05, 0) is 36.8 Å². The lowest BCUT2D eigenvalue weighted by Crippen LogP contribution is -2.41. The summed E-state index contributed by atoms with van der Waals surface area (Å²) in [5, 5.41) is 8.85. The zero-order valence-corrected chi connectivity index (χ0v) is 18.3. The zero-order chi connectivity index (χ0) is 20.4. The molecule has 0 bridgehead atoms. The van der Waals surface area contributed by atoms with Crippen molar-refractivity contribution in [2.45, 2.75) is 19.6 Å². The van der Waals surface area contributed by atoms with Crippen LogP contribution in [0.2, 0.25) is 0 Å². The van der Waals surface area contributed by atoms with Gasteiger partial charge in [0.15, 0.2) is 5.96 Å². The summed E-state index contributed by atoms with van der Waals surface area (Å²) in [6.07, 6.45) is -4.38. The summed E-state index contributed by atoms with van der Waals surface area (Å²) in [5.41, 5.74) is 0.346. The minimum absolute atomic E-state index is 0. The van der Waals surface area contributed by atoms with Crippen LogP contribution in [0.3, 0.4) is 0 Å². The fraction of sp³-hybridized carbons (Fsp3) is 0.300. The van der Waals surface area contributed by atoms with Gasteiger partial charge >= 0.3 is 6.18 Å². The Morgan fingerprint density at radius 2 is 1.66 bits per heavy atom. The summed E-state index contributed by atoms with van der Waals surface area (Å²) in [4.78, 5) is 16.3. The van der Waals surface area contributed by atoms with E-state index >= 15 is 0 Å². The fourth-order valence-corrected chi connectivity index (χ4v) is 2.41. The highest BCUT2D eigenvalue weighted by Gasteiger charge is 2.30. The Morgan fingerprint density at radius 3 is 2.31 bits per heavy atom. The van der Waals surface area contributed by atoms with Crippen molar-refractivity contribution in [1.29, 1.82) is 0 Å². The molecule has 29 heavy (non-hydrogen) atoms. The molecule has 1 amide bonds. The molecule has 0 spiro atoms. The Labute approximate surface area is 185 Å². The summed E-state index contributed by atoms with van der Waals surface area (Å²) in [6, 6.07) is 14.0. The summed E-state index contributed by atoms with van der Waals surface area (Å²) in [6.45, 7) is 3.40. The molecule has 158 valence electrons. The molecule has 0 aliphatic rings. The predicted molar refractivity (Wildman–Crippen MR) is 118 cm³/mol. The number of aliphatic imine (C=N–C) groups is 1. The van der Waals surface area contributed by atoms with Crippen molar-refractivity contribution in [1.82, 2.24) is 16.0 Å². The van der Waals surface area contributed by atoms with Crippen LogP contribution in [-0.2, 0) is 12.7 Å². The van der Waals surface area contributed by atoms with Gasteiger partial charge in [-0.25, -0.2) is 4.99 Å². The molecule has 0 saturated carbocycles. The number of rotatable bonds is 7. The number of alkyl halides is 3. The standard InChI is InChI=1S/C20H23F3N4O.HI/c1-2-24-19(26-12-11-25-18(28)16-8-4-3-5-9-16)27-14-15-7-6-10-17(13-15)20(21,22)23;/h3-10,13H,2,11-12,14H2,1H3,(H,25,28)(H2,24,26,27);1H. The van der Waals surface area contributed by atoms with Crippen LogP contribution >= 0.6 is 24.0 Å². The van der Waals surface area contributed by atoms with E-state index in [4.69, 9.17) is 0 Å². The summed E-state index contributed by atoms with van der Waals surface area (Å²) < 4.78 is 38.4. The second-order valence-electron chi connectivity index (χ2n) is 5.94. The third kappa shape index (κ3) is 8.71. The van der Waals surface area contributed by atoms with Crippen LogP contribution in [-0.4, -0.2) is 31.5 Å². The third-order valence-corrected chi connectivity index (χ3v) is 3.76. The van der Waals surface area contributed by atoms with Crippen molar-refractivity contribution >= 4 is 35.8 Å². The maximum absolute atomic E-state index is 12.8. The topological polar surface area (TPSA) is 65.5 Å². The molecule has 0 unspecified atom stereocenters. The van der Waals surface area contributed by atoms with Gasteiger partial charge in [-0.2, -0.15) is 13.2 Å². The van der Waals surface area contributed by atoms with Crippen molar-refractivity contribution in [3.05, 3.63) is 71.3 Å².